The van der Waals surface area contributed by atoms with E-state index in [1.165, 1.54) is 6.92 Å². The molecule has 0 heterocycles. The summed E-state index contributed by atoms with van der Waals surface area (Å²) in [6.07, 6.45) is 1.65. The van der Waals surface area contributed by atoms with Crippen LogP contribution in [-0.2, 0) is 4.79 Å². The average Bonchev–Trinajstić information content (AvgIpc) is 1.81. The van der Waals surface area contributed by atoms with Crippen LogP contribution in [0.3, 0.4) is 0 Å². The Bertz CT molecular complexity index is 127. The van der Waals surface area contributed by atoms with Crippen molar-refractivity contribution in [2.24, 2.45) is 5.92 Å². The smallest absolute Gasteiger partial charge is 0.135 e. The molecular formula is C8H14O2. The Morgan fingerprint density at radius 2 is 2.30 bits per heavy atom. The van der Waals surface area contributed by atoms with Crippen LogP contribution in [-0.4, -0.2) is 17.0 Å². The summed E-state index contributed by atoms with van der Waals surface area (Å²) in [6, 6.07) is 0. The largest absolute Gasteiger partial charge is 0.393 e. The highest BCUT2D eigenvalue weighted by atomic mass is 16.3. The SMILES string of the molecule is C=CCC(C(C)=O)C(C)O. The van der Waals surface area contributed by atoms with Gasteiger partial charge in [-0.25, -0.2) is 0 Å². The van der Waals surface area contributed by atoms with E-state index < -0.39 is 6.10 Å². The molecule has 58 valence electrons. The predicted octanol–water partition coefficient (Wildman–Crippen LogP) is 1.15. The highest BCUT2D eigenvalue weighted by Gasteiger charge is 2.17. The summed E-state index contributed by atoms with van der Waals surface area (Å²) in [5, 5.41) is 9.05. The number of rotatable bonds is 4. The van der Waals surface area contributed by atoms with Crippen molar-refractivity contribution >= 4 is 5.78 Å². The van der Waals surface area contributed by atoms with Gasteiger partial charge in [0.05, 0.1) is 6.10 Å². The van der Waals surface area contributed by atoms with Crippen molar-refractivity contribution in [3.8, 4) is 0 Å². The molecule has 10 heavy (non-hydrogen) atoms. The fourth-order valence-electron chi connectivity index (χ4n) is 0.882. The molecule has 0 amide bonds. The van der Waals surface area contributed by atoms with Crippen molar-refractivity contribution in [3.05, 3.63) is 12.7 Å². The Morgan fingerprint density at radius 3 is 2.40 bits per heavy atom. The molecule has 0 aromatic rings. The van der Waals surface area contributed by atoms with Crippen molar-refractivity contribution in [3.63, 3.8) is 0 Å². The number of hydrogen-bond acceptors (Lipinski definition) is 2. The third kappa shape index (κ3) is 2.78. The molecule has 0 aliphatic carbocycles. The number of ketones is 1. The van der Waals surface area contributed by atoms with Gasteiger partial charge in [-0.05, 0) is 20.3 Å². The molecular weight excluding hydrogens is 128 g/mol. The third-order valence-corrected chi connectivity index (χ3v) is 1.53. The van der Waals surface area contributed by atoms with Crippen LogP contribution >= 0.6 is 0 Å². The van der Waals surface area contributed by atoms with Crippen LogP contribution < -0.4 is 0 Å². The molecule has 0 aliphatic rings. The van der Waals surface area contributed by atoms with Crippen LogP contribution in [0, 0.1) is 5.92 Å². The first-order chi connectivity index (χ1) is 4.59. The van der Waals surface area contributed by atoms with Crippen LogP contribution in [0.15, 0.2) is 12.7 Å². The molecule has 2 nitrogen and oxygen atoms in total. The van der Waals surface area contributed by atoms with Gasteiger partial charge in [0.15, 0.2) is 0 Å². The molecule has 0 fully saturated rings. The minimum atomic E-state index is -0.560. The van der Waals surface area contributed by atoms with Crippen LogP contribution in [0.25, 0.3) is 0 Å². The minimum absolute atomic E-state index is 0.0231. The Kier molecular flexibility index (Phi) is 3.96. The lowest BCUT2D eigenvalue weighted by molar-refractivity contribution is -0.123. The first-order valence-corrected chi connectivity index (χ1v) is 3.39. The lowest BCUT2D eigenvalue weighted by Gasteiger charge is -2.13. The van der Waals surface area contributed by atoms with E-state index in [9.17, 15) is 4.79 Å². The van der Waals surface area contributed by atoms with E-state index in [0.29, 0.717) is 6.42 Å². The summed E-state index contributed by atoms with van der Waals surface area (Å²) in [4.78, 5) is 10.8. The fourth-order valence-corrected chi connectivity index (χ4v) is 0.882. The molecule has 2 atom stereocenters. The van der Waals surface area contributed by atoms with Gasteiger partial charge >= 0.3 is 0 Å². The lowest BCUT2D eigenvalue weighted by atomic mass is 9.96. The number of hydrogen-bond donors (Lipinski definition) is 1. The molecule has 0 saturated carbocycles. The average molecular weight is 142 g/mol. The molecule has 2 heteroatoms. The molecule has 0 spiro atoms. The number of carbonyl (C=O) groups excluding carboxylic acids is 1. The third-order valence-electron chi connectivity index (χ3n) is 1.53. The lowest BCUT2D eigenvalue weighted by Crippen LogP contribution is -2.22. The van der Waals surface area contributed by atoms with Crippen molar-refractivity contribution in [1.29, 1.82) is 0 Å². The van der Waals surface area contributed by atoms with E-state index in [-0.39, 0.29) is 11.7 Å². The maximum absolute atomic E-state index is 10.8. The van der Waals surface area contributed by atoms with Crippen molar-refractivity contribution in [2.75, 3.05) is 0 Å². The normalized spacial score (nSPS) is 15.9. The van der Waals surface area contributed by atoms with Crippen LogP contribution in [0.4, 0.5) is 0 Å². The zero-order chi connectivity index (χ0) is 8.15. The van der Waals surface area contributed by atoms with E-state index in [2.05, 4.69) is 6.58 Å². The fraction of sp³-hybridized carbons (Fsp3) is 0.625. The van der Waals surface area contributed by atoms with Crippen LogP contribution in [0.5, 0.6) is 0 Å². The first kappa shape index (κ1) is 9.37. The standard InChI is InChI=1S/C8H14O2/c1-4-5-8(6(2)9)7(3)10/h4,6,8-9H,1,5H2,2-3H3. The molecule has 0 bridgehead atoms. The molecule has 0 aliphatic heterocycles. The van der Waals surface area contributed by atoms with E-state index in [0.717, 1.165) is 0 Å². The zero-order valence-corrected chi connectivity index (χ0v) is 6.50. The monoisotopic (exact) mass is 142 g/mol. The van der Waals surface area contributed by atoms with E-state index >= 15 is 0 Å². The van der Waals surface area contributed by atoms with Gasteiger partial charge < -0.3 is 5.11 Å². The van der Waals surface area contributed by atoms with Crippen LogP contribution in [0.2, 0.25) is 0 Å². The van der Waals surface area contributed by atoms with Gasteiger partial charge in [-0.15, -0.1) is 6.58 Å². The molecule has 0 aromatic carbocycles. The summed E-state index contributed by atoms with van der Waals surface area (Å²) in [5.74, 6) is -0.243. The van der Waals surface area contributed by atoms with Gasteiger partial charge in [0.25, 0.3) is 0 Å². The molecule has 2 unspecified atom stereocenters. The second kappa shape index (κ2) is 4.23. The second-order valence-corrected chi connectivity index (χ2v) is 2.48. The van der Waals surface area contributed by atoms with Crippen LogP contribution in [0.1, 0.15) is 20.3 Å². The van der Waals surface area contributed by atoms with Gasteiger partial charge in [-0.2, -0.15) is 0 Å². The second-order valence-electron chi connectivity index (χ2n) is 2.48. The van der Waals surface area contributed by atoms with Gasteiger partial charge in [0, 0.05) is 5.92 Å². The number of allylic oxidation sites excluding steroid dienone is 1. The van der Waals surface area contributed by atoms with Crippen molar-refractivity contribution < 1.29 is 9.90 Å². The predicted molar refractivity (Wildman–Crippen MR) is 40.7 cm³/mol. The maximum Gasteiger partial charge on any atom is 0.135 e. The van der Waals surface area contributed by atoms with Gasteiger partial charge in [-0.3, -0.25) is 4.79 Å². The molecule has 0 aromatic heterocycles. The number of Topliss-reactive ketones (excluding diaryl/α,β-unsaturated/α-hetero) is 1. The summed E-state index contributed by atoms with van der Waals surface area (Å²) in [5.41, 5.74) is 0. The molecule has 0 saturated heterocycles. The number of carbonyl (C=O) groups is 1. The summed E-state index contributed by atoms with van der Waals surface area (Å²) >= 11 is 0. The topological polar surface area (TPSA) is 37.3 Å². The van der Waals surface area contributed by atoms with Gasteiger partial charge in [-0.1, -0.05) is 6.08 Å². The van der Waals surface area contributed by atoms with E-state index in [1.807, 2.05) is 0 Å². The molecule has 0 radical (unpaired) electrons. The van der Waals surface area contributed by atoms with Gasteiger partial charge in [0.2, 0.25) is 0 Å². The maximum atomic E-state index is 10.8. The highest BCUT2D eigenvalue weighted by molar-refractivity contribution is 5.78. The Morgan fingerprint density at radius 1 is 1.80 bits per heavy atom. The summed E-state index contributed by atoms with van der Waals surface area (Å²) in [7, 11) is 0. The highest BCUT2D eigenvalue weighted by Crippen LogP contribution is 2.09. The van der Waals surface area contributed by atoms with E-state index in [4.69, 9.17) is 5.11 Å². The van der Waals surface area contributed by atoms with E-state index in [1.54, 1.807) is 13.0 Å². The summed E-state index contributed by atoms with van der Waals surface area (Å²) in [6.45, 7) is 6.61. The Balaban J connectivity index is 3.97. The zero-order valence-electron chi connectivity index (χ0n) is 6.50. The minimum Gasteiger partial charge on any atom is -0.393 e. The Labute approximate surface area is 61.6 Å². The Hall–Kier alpha value is -0.630. The van der Waals surface area contributed by atoms with Crippen molar-refractivity contribution in [1.82, 2.24) is 0 Å². The van der Waals surface area contributed by atoms with Gasteiger partial charge in [0.1, 0.15) is 5.78 Å². The molecule has 1 N–H and O–H groups in total. The first-order valence-electron chi connectivity index (χ1n) is 3.39. The quantitative estimate of drug-likeness (QED) is 0.598. The number of aliphatic hydroxyl groups excluding tert-OH is 1. The summed E-state index contributed by atoms with van der Waals surface area (Å²) < 4.78 is 0. The van der Waals surface area contributed by atoms with Crippen molar-refractivity contribution in [2.45, 2.75) is 26.4 Å². The molecule has 0 rings (SSSR count). The number of aliphatic hydroxyl groups is 1.